The molecule has 0 aromatic heterocycles. The summed E-state index contributed by atoms with van der Waals surface area (Å²) in [6.45, 7) is 0.472. The fraction of sp³-hybridized carbons (Fsp3) is 0.542. The highest BCUT2D eigenvalue weighted by atomic mass is 32.2. The summed E-state index contributed by atoms with van der Waals surface area (Å²) >= 11 is 1.46. The molecule has 0 saturated carbocycles. The molecule has 0 radical (unpaired) electrons. The predicted molar refractivity (Wildman–Crippen MR) is 143 cm³/mol. The molecule has 212 valence electrons. The van der Waals surface area contributed by atoms with Crippen molar-refractivity contribution in [2.45, 2.75) is 62.7 Å². The number of benzene rings is 1. The first-order valence-corrected chi connectivity index (χ1v) is 13.5. The maximum atomic E-state index is 13.2. The number of carbonyl (C=O) groups excluding carboxylic acids is 4. The van der Waals surface area contributed by atoms with Gasteiger partial charge in [0.1, 0.15) is 23.9 Å². The van der Waals surface area contributed by atoms with Gasteiger partial charge < -0.3 is 43.4 Å². The van der Waals surface area contributed by atoms with Crippen molar-refractivity contribution in [3.05, 3.63) is 29.8 Å². The van der Waals surface area contributed by atoms with E-state index >= 15 is 0 Å². The maximum absolute atomic E-state index is 13.2. The number of thioether (sulfide) groups is 1. The number of phenolic OH excluding ortho intramolecular Hbond substituents is 1. The van der Waals surface area contributed by atoms with Crippen molar-refractivity contribution < 1.29 is 34.2 Å². The van der Waals surface area contributed by atoms with Gasteiger partial charge in [-0.05, 0) is 55.5 Å². The lowest BCUT2D eigenvalue weighted by Gasteiger charge is -2.25. The Morgan fingerprint density at radius 2 is 1.47 bits per heavy atom. The molecule has 0 spiro atoms. The zero-order valence-electron chi connectivity index (χ0n) is 21.4. The summed E-state index contributed by atoms with van der Waals surface area (Å²) in [5.74, 6) is -3.94. The first-order valence-electron chi connectivity index (χ1n) is 12.1. The number of aliphatic carboxylic acids is 1. The van der Waals surface area contributed by atoms with E-state index in [1.54, 1.807) is 0 Å². The molecule has 0 fully saturated rings. The minimum Gasteiger partial charge on any atom is -0.508 e. The highest BCUT2D eigenvalue weighted by Crippen LogP contribution is 2.12. The van der Waals surface area contributed by atoms with Gasteiger partial charge in [-0.2, -0.15) is 11.8 Å². The first-order chi connectivity index (χ1) is 18.0. The van der Waals surface area contributed by atoms with Gasteiger partial charge in [-0.3, -0.25) is 19.2 Å². The Balaban J connectivity index is 3.10. The number of phenols is 1. The second kappa shape index (κ2) is 17.2. The molecule has 4 unspecified atom stereocenters. The Bertz CT molecular complexity index is 947. The molecule has 11 N–H and O–H groups in total. The van der Waals surface area contributed by atoms with Gasteiger partial charge in [0.25, 0.3) is 0 Å². The van der Waals surface area contributed by atoms with Crippen molar-refractivity contribution in [3.8, 4) is 5.75 Å². The third-order valence-corrected chi connectivity index (χ3v) is 6.22. The second-order valence-corrected chi connectivity index (χ2v) is 9.72. The van der Waals surface area contributed by atoms with Crippen LogP contribution in [0.5, 0.6) is 5.75 Å². The van der Waals surface area contributed by atoms with Crippen LogP contribution in [0.4, 0.5) is 0 Å². The number of hydrogen-bond acceptors (Lipinski definition) is 9. The number of nitrogens with one attached hydrogen (secondary N) is 3. The number of carbonyl (C=O) groups is 5. The van der Waals surface area contributed by atoms with Gasteiger partial charge in [-0.15, -0.1) is 0 Å². The molecule has 38 heavy (non-hydrogen) atoms. The van der Waals surface area contributed by atoms with Crippen molar-refractivity contribution in [1.82, 2.24) is 16.0 Å². The SMILES string of the molecule is CSCCC(NC(=O)C(N)CCCCN)C(=O)NC(Cc1ccc(O)cc1)C(=O)NC(CC(N)=O)C(=O)O. The zero-order valence-corrected chi connectivity index (χ0v) is 22.2. The van der Waals surface area contributed by atoms with Crippen LogP contribution in [-0.4, -0.2) is 82.5 Å². The summed E-state index contributed by atoms with van der Waals surface area (Å²) in [6, 6.07) is 1.14. The van der Waals surface area contributed by atoms with E-state index in [0.29, 0.717) is 37.1 Å². The van der Waals surface area contributed by atoms with Crippen LogP contribution in [0, 0.1) is 0 Å². The molecular weight excluding hydrogens is 516 g/mol. The standard InChI is InChI=1S/C24H38N6O7S/c1-38-11-9-17(28-21(33)16(26)4-2-3-10-25)22(34)29-18(12-14-5-7-15(31)8-6-14)23(35)30-19(24(36)37)13-20(27)32/h5-8,16-19,31H,2-4,9-13,25-26H2,1H3,(H2,27,32)(H,28,33)(H,29,34)(H,30,35)(H,36,37). The summed E-state index contributed by atoms with van der Waals surface area (Å²) in [7, 11) is 0. The van der Waals surface area contributed by atoms with Gasteiger partial charge in [-0.25, -0.2) is 4.79 Å². The Morgan fingerprint density at radius 3 is 2.03 bits per heavy atom. The van der Waals surface area contributed by atoms with Crippen LogP contribution in [0.2, 0.25) is 0 Å². The molecule has 1 aromatic rings. The minimum absolute atomic E-state index is 0.00571. The lowest BCUT2D eigenvalue weighted by molar-refractivity contribution is -0.143. The topological polar surface area (TPSA) is 240 Å². The number of amides is 4. The van der Waals surface area contributed by atoms with Crippen molar-refractivity contribution in [2.24, 2.45) is 17.2 Å². The number of hydrogen-bond donors (Lipinski definition) is 8. The number of carboxylic acids is 1. The van der Waals surface area contributed by atoms with Crippen LogP contribution >= 0.6 is 11.8 Å². The summed E-state index contributed by atoms with van der Waals surface area (Å²) in [6.07, 6.45) is 3.12. The molecular formula is C24H38N6O7S. The van der Waals surface area contributed by atoms with Crippen molar-refractivity contribution in [1.29, 1.82) is 0 Å². The summed E-state index contributed by atoms with van der Waals surface area (Å²) < 4.78 is 0. The van der Waals surface area contributed by atoms with E-state index in [0.717, 1.165) is 0 Å². The number of nitrogens with two attached hydrogens (primary N) is 3. The maximum Gasteiger partial charge on any atom is 0.326 e. The Labute approximate surface area is 225 Å². The summed E-state index contributed by atoms with van der Waals surface area (Å²) in [4.78, 5) is 61.6. The molecule has 0 aliphatic carbocycles. The monoisotopic (exact) mass is 554 g/mol. The molecule has 4 amide bonds. The molecule has 1 aromatic carbocycles. The van der Waals surface area contributed by atoms with Crippen LogP contribution in [0.25, 0.3) is 0 Å². The lowest BCUT2D eigenvalue weighted by atomic mass is 10.0. The molecule has 13 nitrogen and oxygen atoms in total. The van der Waals surface area contributed by atoms with E-state index in [2.05, 4.69) is 16.0 Å². The fourth-order valence-corrected chi connectivity index (χ4v) is 3.92. The van der Waals surface area contributed by atoms with E-state index in [1.165, 1.54) is 36.0 Å². The van der Waals surface area contributed by atoms with Crippen LogP contribution < -0.4 is 33.2 Å². The van der Waals surface area contributed by atoms with Crippen LogP contribution in [0.1, 0.15) is 37.7 Å². The number of carboxylic acid groups (broad SMARTS) is 1. The normalized spacial score (nSPS) is 14.0. The molecule has 4 atom stereocenters. The van der Waals surface area contributed by atoms with Crippen molar-refractivity contribution in [3.63, 3.8) is 0 Å². The molecule has 1 rings (SSSR count). The Morgan fingerprint density at radius 1 is 0.895 bits per heavy atom. The molecule has 0 bridgehead atoms. The predicted octanol–water partition coefficient (Wildman–Crippen LogP) is -1.44. The smallest absolute Gasteiger partial charge is 0.326 e. The third kappa shape index (κ3) is 12.3. The van der Waals surface area contributed by atoms with Crippen LogP contribution in [0.3, 0.4) is 0 Å². The van der Waals surface area contributed by atoms with Crippen molar-refractivity contribution >= 4 is 41.4 Å². The average Bonchev–Trinajstić information content (AvgIpc) is 2.86. The van der Waals surface area contributed by atoms with Gasteiger partial charge in [0.2, 0.25) is 23.6 Å². The zero-order chi connectivity index (χ0) is 28.7. The van der Waals surface area contributed by atoms with E-state index in [-0.39, 0.29) is 18.6 Å². The van der Waals surface area contributed by atoms with E-state index in [4.69, 9.17) is 17.2 Å². The Kier molecular flexibility index (Phi) is 14.8. The number of unbranched alkanes of at least 4 members (excludes halogenated alkanes) is 1. The van der Waals surface area contributed by atoms with Gasteiger partial charge >= 0.3 is 5.97 Å². The quantitative estimate of drug-likeness (QED) is 0.0982. The largest absolute Gasteiger partial charge is 0.508 e. The van der Waals surface area contributed by atoms with Gasteiger partial charge in [0.15, 0.2) is 0 Å². The highest BCUT2D eigenvalue weighted by Gasteiger charge is 2.31. The molecule has 14 heteroatoms. The molecule has 0 heterocycles. The van der Waals surface area contributed by atoms with Crippen molar-refractivity contribution in [2.75, 3.05) is 18.6 Å². The number of primary amides is 1. The number of rotatable bonds is 18. The molecule has 0 aliphatic heterocycles. The Hall–Kier alpha value is -3.36. The van der Waals surface area contributed by atoms with Crippen LogP contribution in [0.15, 0.2) is 24.3 Å². The van der Waals surface area contributed by atoms with E-state index in [1.807, 2.05) is 6.26 Å². The van der Waals surface area contributed by atoms with E-state index in [9.17, 15) is 34.2 Å². The number of aromatic hydroxyl groups is 1. The minimum atomic E-state index is -1.60. The molecule has 0 saturated heterocycles. The summed E-state index contributed by atoms with van der Waals surface area (Å²) in [5, 5.41) is 26.4. The van der Waals surface area contributed by atoms with E-state index < -0.39 is 60.2 Å². The van der Waals surface area contributed by atoms with Gasteiger partial charge in [0, 0.05) is 6.42 Å². The molecule has 0 aliphatic rings. The first kappa shape index (κ1) is 32.7. The van der Waals surface area contributed by atoms with Crippen LogP contribution in [-0.2, 0) is 30.4 Å². The van der Waals surface area contributed by atoms with Gasteiger partial charge in [-0.1, -0.05) is 18.6 Å². The summed E-state index contributed by atoms with van der Waals surface area (Å²) in [5.41, 5.74) is 17.1. The van der Waals surface area contributed by atoms with Gasteiger partial charge in [0.05, 0.1) is 12.5 Å². The fourth-order valence-electron chi connectivity index (χ4n) is 3.45. The lowest BCUT2D eigenvalue weighted by Crippen LogP contribution is -2.58. The average molecular weight is 555 g/mol. The second-order valence-electron chi connectivity index (χ2n) is 8.74. The third-order valence-electron chi connectivity index (χ3n) is 5.58. The highest BCUT2D eigenvalue weighted by molar-refractivity contribution is 7.98.